The Balaban J connectivity index is 1.81. The Hall–Kier alpha value is -4.40. The van der Waals surface area contributed by atoms with Crippen molar-refractivity contribution >= 4 is 23.2 Å². The number of carbonyl (C=O) groups is 2. The molecule has 1 N–H and O–H groups in total. The van der Waals surface area contributed by atoms with E-state index in [-0.39, 0.29) is 23.0 Å². The number of nitrogens with one attached hydrogen (secondary N) is 1. The third kappa shape index (κ3) is 4.03. The van der Waals surface area contributed by atoms with Crippen molar-refractivity contribution in [3.05, 3.63) is 93.5 Å². The lowest BCUT2D eigenvalue weighted by atomic mass is 9.79. The van der Waals surface area contributed by atoms with E-state index in [9.17, 15) is 19.7 Å². The van der Waals surface area contributed by atoms with Gasteiger partial charge in [0.1, 0.15) is 11.5 Å². The Morgan fingerprint density at radius 1 is 1.03 bits per heavy atom. The van der Waals surface area contributed by atoms with Crippen LogP contribution in [-0.2, 0) is 4.79 Å². The standard InChI is InChI=1S/C25H23N3O6/c1-27-23(15-8-11-17(33-2)12-9-15)22(18-6-4-5-7-19(18)25(27)30)24(29)26-20-14-16(28(31)32)10-13-21(20)34-3/h4-14,22-23H,1-3H3,(H,26,29)/t22-,23+/m0/s1. The van der Waals surface area contributed by atoms with Crippen LogP contribution >= 0.6 is 0 Å². The number of non-ortho nitro benzene ring substituents is 1. The van der Waals surface area contributed by atoms with E-state index in [0.29, 0.717) is 16.9 Å². The molecule has 9 nitrogen and oxygen atoms in total. The number of nitro groups is 1. The Morgan fingerprint density at radius 2 is 1.74 bits per heavy atom. The first kappa shape index (κ1) is 22.8. The van der Waals surface area contributed by atoms with Crippen LogP contribution in [0.2, 0.25) is 0 Å². The summed E-state index contributed by atoms with van der Waals surface area (Å²) in [7, 11) is 4.63. The number of hydrogen-bond donors (Lipinski definition) is 1. The second-order valence-electron chi connectivity index (χ2n) is 7.83. The SMILES string of the molecule is COc1ccc([C@@H]2[C@@H](C(=O)Nc3cc([N+](=O)[O-])ccc3OC)c3ccccc3C(=O)N2C)cc1. The summed E-state index contributed by atoms with van der Waals surface area (Å²) >= 11 is 0. The van der Waals surface area contributed by atoms with Crippen molar-refractivity contribution in [2.24, 2.45) is 0 Å². The van der Waals surface area contributed by atoms with E-state index in [2.05, 4.69) is 5.32 Å². The number of nitrogens with zero attached hydrogens (tertiary/aromatic N) is 2. The summed E-state index contributed by atoms with van der Waals surface area (Å²) in [6.45, 7) is 0. The van der Waals surface area contributed by atoms with Crippen molar-refractivity contribution in [1.29, 1.82) is 0 Å². The smallest absolute Gasteiger partial charge is 0.271 e. The lowest BCUT2D eigenvalue weighted by Gasteiger charge is -2.39. The van der Waals surface area contributed by atoms with E-state index in [0.717, 1.165) is 5.56 Å². The van der Waals surface area contributed by atoms with Gasteiger partial charge in [-0.3, -0.25) is 19.7 Å². The quantitative estimate of drug-likeness (QED) is 0.436. The lowest BCUT2D eigenvalue weighted by Crippen LogP contribution is -2.44. The number of methoxy groups -OCH3 is 2. The molecule has 1 aliphatic rings. The van der Waals surface area contributed by atoms with E-state index in [1.54, 1.807) is 55.5 Å². The van der Waals surface area contributed by atoms with Gasteiger partial charge in [-0.1, -0.05) is 30.3 Å². The number of benzene rings is 3. The lowest BCUT2D eigenvalue weighted by molar-refractivity contribution is -0.384. The van der Waals surface area contributed by atoms with Crippen molar-refractivity contribution < 1.29 is 24.0 Å². The number of amides is 2. The summed E-state index contributed by atoms with van der Waals surface area (Å²) in [6, 6.07) is 17.5. The Kier molecular flexibility index (Phi) is 6.18. The third-order valence-corrected chi connectivity index (χ3v) is 5.97. The minimum atomic E-state index is -0.781. The molecule has 2 amide bonds. The van der Waals surface area contributed by atoms with Gasteiger partial charge in [0, 0.05) is 24.7 Å². The van der Waals surface area contributed by atoms with Gasteiger partial charge in [-0.05, 0) is 35.4 Å². The van der Waals surface area contributed by atoms with Gasteiger partial charge in [-0.25, -0.2) is 0 Å². The molecule has 1 aliphatic heterocycles. The maximum atomic E-state index is 13.7. The molecule has 1 heterocycles. The third-order valence-electron chi connectivity index (χ3n) is 5.97. The first-order chi connectivity index (χ1) is 16.3. The molecule has 4 rings (SSSR count). The van der Waals surface area contributed by atoms with Crippen LogP contribution in [0.4, 0.5) is 11.4 Å². The molecule has 0 fully saturated rings. The van der Waals surface area contributed by atoms with Crippen molar-refractivity contribution in [3.63, 3.8) is 0 Å². The number of rotatable bonds is 6. The highest BCUT2D eigenvalue weighted by Gasteiger charge is 2.42. The summed E-state index contributed by atoms with van der Waals surface area (Å²) < 4.78 is 10.5. The van der Waals surface area contributed by atoms with E-state index >= 15 is 0 Å². The molecule has 34 heavy (non-hydrogen) atoms. The van der Waals surface area contributed by atoms with Crippen LogP contribution in [0.3, 0.4) is 0 Å². The van der Waals surface area contributed by atoms with Crippen LogP contribution in [0.15, 0.2) is 66.7 Å². The highest BCUT2D eigenvalue weighted by Crippen LogP contribution is 2.43. The zero-order valence-corrected chi connectivity index (χ0v) is 18.8. The van der Waals surface area contributed by atoms with Gasteiger partial charge in [0.05, 0.1) is 36.8 Å². The van der Waals surface area contributed by atoms with Crippen LogP contribution in [0.25, 0.3) is 0 Å². The molecule has 0 radical (unpaired) electrons. The average molecular weight is 461 g/mol. The molecule has 0 saturated heterocycles. The fourth-order valence-electron chi connectivity index (χ4n) is 4.29. The van der Waals surface area contributed by atoms with Crippen molar-refractivity contribution in [3.8, 4) is 11.5 Å². The van der Waals surface area contributed by atoms with Gasteiger partial charge in [0.25, 0.3) is 11.6 Å². The number of ether oxygens (including phenoxy) is 2. The summed E-state index contributed by atoms with van der Waals surface area (Å²) in [5.74, 6) is -0.471. The molecule has 2 atom stereocenters. The van der Waals surface area contributed by atoms with Crippen LogP contribution in [0, 0.1) is 10.1 Å². The molecule has 174 valence electrons. The van der Waals surface area contributed by atoms with Crippen molar-refractivity contribution in [2.75, 3.05) is 26.6 Å². The molecule has 0 aromatic heterocycles. The molecular weight excluding hydrogens is 438 g/mol. The van der Waals surface area contributed by atoms with Crippen molar-refractivity contribution in [2.45, 2.75) is 12.0 Å². The van der Waals surface area contributed by atoms with Crippen LogP contribution in [-0.4, -0.2) is 42.9 Å². The Bertz CT molecular complexity index is 1260. The fraction of sp³-hybridized carbons (Fsp3) is 0.200. The molecule has 9 heteroatoms. The van der Waals surface area contributed by atoms with Gasteiger partial charge < -0.3 is 19.7 Å². The zero-order chi connectivity index (χ0) is 24.4. The van der Waals surface area contributed by atoms with E-state index in [4.69, 9.17) is 9.47 Å². The fourth-order valence-corrected chi connectivity index (χ4v) is 4.29. The zero-order valence-electron chi connectivity index (χ0n) is 18.8. The number of anilines is 1. The largest absolute Gasteiger partial charge is 0.497 e. The highest BCUT2D eigenvalue weighted by molar-refractivity contribution is 6.04. The molecule has 0 spiro atoms. The Morgan fingerprint density at radius 3 is 2.38 bits per heavy atom. The molecule has 0 saturated carbocycles. The predicted molar refractivity (Wildman–Crippen MR) is 125 cm³/mol. The molecule has 0 aliphatic carbocycles. The highest BCUT2D eigenvalue weighted by atomic mass is 16.6. The summed E-state index contributed by atoms with van der Waals surface area (Å²) in [5, 5.41) is 14.1. The minimum Gasteiger partial charge on any atom is -0.497 e. The first-order valence-corrected chi connectivity index (χ1v) is 10.5. The van der Waals surface area contributed by atoms with Gasteiger partial charge in [0.15, 0.2) is 0 Å². The topological polar surface area (TPSA) is 111 Å². The molecule has 3 aromatic rings. The summed E-state index contributed by atoms with van der Waals surface area (Å²) in [6.07, 6.45) is 0. The van der Waals surface area contributed by atoms with Gasteiger partial charge in [-0.15, -0.1) is 0 Å². The second-order valence-corrected chi connectivity index (χ2v) is 7.83. The minimum absolute atomic E-state index is 0.173. The number of nitro benzene ring substituents is 1. The second kappa shape index (κ2) is 9.22. The summed E-state index contributed by atoms with van der Waals surface area (Å²) in [5.41, 5.74) is 1.75. The maximum Gasteiger partial charge on any atom is 0.271 e. The number of hydrogen-bond acceptors (Lipinski definition) is 6. The predicted octanol–water partition coefficient (Wildman–Crippen LogP) is 4.16. The van der Waals surface area contributed by atoms with E-state index in [1.807, 2.05) is 12.1 Å². The van der Waals surface area contributed by atoms with E-state index in [1.165, 1.54) is 25.3 Å². The van der Waals surface area contributed by atoms with Crippen LogP contribution in [0.5, 0.6) is 11.5 Å². The van der Waals surface area contributed by atoms with Crippen LogP contribution in [0.1, 0.15) is 33.4 Å². The molecule has 3 aromatic carbocycles. The monoisotopic (exact) mass is 461 g/mol. The molecular formula is C25H23N3O6. The average Bonchev–Trinajstić information content (AvgIpc) is 2.86. The maximum absolute atomic E-state index is 13.7. The number of fused-ring (bicyclic) bond motifs is 1. The Labute approximate surface area is 196 Å². The number of likely N-dealkylation sites (N-methyl/N-ethyl adjacent to an activating group) is 1. The molecule has 0 unspecified atom stereocenters. The molecule has 0 bridgehead atoms. The van der Waals surface area contributed by atoms with Gasteiger partial charge in [0.2, 0.25) is 5.91 Å². The van der Waals surface area contributed by atoms with Crippen molar-refractivity contribution in [1.82, 2.24) is 4.90 Å². The number of carbonyl (C=O) groups excluding carboxylic acids is 2. The first-order valence-electron chi connectivity index (χ1n) is 10.5. The normalized spacial score (nSPS) is 17.0. The van der Waals surface area contributed by atoms with E-state index < -0.39 is 22.8 Å². The van der Waals surface area contributed by atoms with Gasteiger partial charge in [-0.2, -0.15) is 0 Å². The van der Waals surface area contributed by atoms with Gasteiger partial charge >= 0.3 is 0 Å². The summed E-state index contributed by atoms with van der Waals surface area (Å²) in [4.78, 5) is 39.2. The van der Waals surface area contributed by atoms with Crippen LogP contribution < -0.4 is 14.8 Å².